The first-order valence-electron chi connectivity index (χ1n) is 14.3. The minimum Gasteiger partial charge on any atom is -0.503 e. The summed E-state index contributed by atoms with van der Waals surface area (Å²) >= 11 is 0. The Hall–Kier alpha value is -4.76. The number of amides is 1. The van der Waals surface area contributed by atoms with Gasteiger partial charge in [0.2, 0.25) is 5.78 Å². The van der Waals surface area contributed by atoms with Crippen molar-refractivity contribution >= 4 is 22.7 Å². The molecule has 1 unspecified atom stereocenters. The van der Waals surface area contributed by atoms with Crippen LogP contribution >= 0.6 is 0 Å². The van der Waals surface area contributed by atoms with Gasteiger partial charge in [0.05, 0.1) is 25.3 Å². The first-order chi connectivity index (χ1) is 20.8. The summed E-state index contributed by atoms with van der Waals surface area (Å²) in [5, 5.41) is 11.8. The van der Waals surface area contributed by atoms with Crippen LogP contribution in [0.1, 0.15) is 41.1 Å². The van der Waals surface area contributed by atoms with Gasteiger partial charge in [0.15, 0.2) is 34.4 Å². The van der Waals surface area contributed by atoms with Gasteiger partial charge in [-0.05, 0) is 69.4 Å². The summed E-state index contributed by atoms with van der Waals surface area (Å²) in [4.78, 5) is 31.0. The number of ketones is 1. The molecular formula is C34H36N2O7. The van der Waals surface area contributed by atoms with Crippen molar-refractivity contribution in [1.29, 1.82) is 0 Å². The van der Waals surface area contributed by atoms with Crippen molar-refractivity contribution in [2.75, 3.05) is 40.9 Å². The van der Waals surface area contributed by atoms with Gasteiger partial charge in [-0.2, -0.15) is 0 Å². The lowest BCUT2D eigenvalue weighted by Crippen LogP contribution is -2.33. The van der Waals surface area contributed by atoms with E-state index in [9.17, 15) is 14.7 Å². The molecule has 9 heteroatoms. The Morgan fingerprint density at radius 2 is 1.77 bits per heavy atom. The number of rotatable bonds is 13. The highest BCUT2D eigenvalue weighted by Gasteiger charge is 2.44. The average Bonchev–Trinajstić information content (AvgIpc) is 3.56. The number of Topliss-reactive ketones (excluding diaryl/α,β-unsaturated/α-hetero) is 1. The molecule has 1 aromatic heterocycles. The Balaban J connectivity index is 1.53. The highest BCUT2D eigenvalue weighted by atomic mass is 16.5. The van der Waals surface area contributed by atoms with E-state index < -0.39 is 23.5 Å². The fraction of sp³-hybridized carbons (Fsp3) is 0.294. The molecule has 0 spiro atoms. The van der Waals surface area contributed by atoms with Gasteiger partial charge >= 0.3 is 0 Å². The molecule has 5 rings (SSSR count). The molecule has 0 bridgehead atoms. The number of methoxy groups -OCH3 is 1. The molecule has 0 saturated carbocycles. The van der Waals surface area contributed by atoms with E-state index in [2.05, 4.69) is 0 Å². The van der Waals surface area contributed by atoms with Crippen LogP contribution in [0, 0.1) is 0 Å². The summed E-state index contributed by atoms with van der Waals surface area (Å²) in [6, 6.07) is 21.2. The van der Waals surface area contributed by atoms with E-state index in [1.165, 1.54) is 12.0 Å². The van der Waals surface area contributed by atoms with Crippen LogP contribution in [-0.2, 0) is 11.4 Å². The molecular weight excluding hydrogens is 548 g/mol. The molecule has 1 N–H and O–H groups in total. The topological polar surface area (TPSA) is 102 Å². The van der Waals surface area contributed by atoms with Gasteiger partial charge in [-0.15, -0.1) is 0 Å². The molecule has 0 fully saturated rings. The third-order valence-corrected chi connectivity index (χ3v) is 7.32. The van der Waals surface area contributed by atoms with E-state index in [-0.39, 0.29) is 11.3 Å². The first-order valence-corrected chi connectivity index (χ1v) is 14.3. The summed E-state index contributed by atoms with van der Waals surface area (Å²) in [7, 11) is 5.42. The van der Waals surface area contributed by atoms with Gasteiger partial charge in [0.1, 0.15) is 6.61 Å². The number of ether oxygens (including phenoxy) is 3. The monoisotopic (exact) mass is 584 g/mol. The Kier molecular flexibility index (Phi) is 9.01. The van der Waals surface area contributed by atoms with E-state index in [0.717, 1.165) is 12.1 Å². The maximum atomic E-state index is 14.0. The number of furan rings is 1. The highest BCUT2D eigenvalue weighted by Crippen LogP contribution is 2.43. The summed E-state index contributed by atoms with van der Waals surface area (Å²) < 4.78 is 23.4. The zero-order chi connectivity index (χ0) is 30.5. The molecule has 43 heavy (non-hydrogen) atoms. The standard InChI is InChI=1S/C34H36N2O7/c1-5-41-27-19-23(15-16-25(27)42-21-22-11-7-6-8-12-22)30-29(32(38)34(39)36(30)18-10-17-35(2)3)31(37)28-20-24-13-9-14-26(40-4)33(24)43-28/h6-9,11-16,19-20,30,38H,5,10,17-18,21H2,1-4H3. The summed E-state index contributed by atoms with van der Waals surface area (Å²) in [6.45, 7) is 3.65. The molecule has 1 amide bonds. The van der Waals surface area contributed by atoms with Crippen LogP contribution in [0.25, 0.3) is 11.0 Å². The second-order valence-electron chi connectivity index (χ2n) is 10.6. The third kappa shape index (κ3) is 6.22. The highest BCUT2D eigenvalue weighted by molar-refractivity contribution is 6.16. The molecule has 1 atom stereocenters. The Morgan fingerprint density at radius 3 is 2.49 bits per heavy atom. The Bertz CT molecular complexity index is 1640. The minimum atomic E-state index is -0.861. The molecule has 2 heterocycles. The lowest BCUT2D eigenvalue weighted by Gasteiger charge is -2.28. The van der Waals surface area contributed by atoms with Crippen molar-refractivity contribution < 1.29 is 33.3 Å². The number of carbonyl (C=O) groups excluding carboxylic acids is 2. The zero-order valence-corrected chi connectivity index (χ0v) is 24.8. The minimum absolute atomic E-state index is 0.00170. The molecule has 0 radical (unpaired) electrons. The van der Waals surface area contributed by atoms with Crippen LogP contribution in [-0.4, -0.2) is 67.5 Å². The Morgan fingerprint density at radius 1 is 0.977 bits per heavy atom. The lowest BCUT2D eigenvalue weighted by atomic mass is 9.94. The van der Waals surface area contributed by atoms with Crippen molar-refractivity contribution in [3.05, 3.63) is 101 Å². The Labute approximate surface area is 250 Å². The van der Waals surface area contributed by atoms with Crippen LogP contribution in [0.4, 0.5) is 0 Å². The summed E-state index contributed by atoms with van der Waals surface area (Å²) in [5.74, 6) is -0.288. The number of aliphatic hydroxyl groups excluding tert-OH is 1. The predicted molar refractivity (Wildman–Crippen MR) is 163 cm³/mol. The second-order valence-corrected chi connectivity index (χ2v) is 10.6. The van der Waals surface area contributed by atoms with E-state index in [1.807, 2.05) is 56.3 Å². The number of hydrogen-bond donors (Lipinski definition) is 1. The van der Waals surface area contributed by atoms with Crippen molar-refractivity contribution in [1.82, 2.24) is 9.80 Å². The second kappa shape index (κ2) is 13.0. The quantitative estimate of drug-likeness (QED) is 0.193. The normalized spacial score (nSPS) is 15.0. The SMILES string of the molecule is CCOc1cc(C2C(C(=O)c3cc4cccc(OC)c4o3)=C(O)C(=O)N2CCCN(C)C)ccc1OCc1ccccc1. The predicted octanol–water partition coefficient (Wildman–Crippen LogP) is 5.95. The largest absolute Gasteiger partial charge is 0.503 e. The molecule has 0 saturated heterocycles. The van der Waals surface area contributed by atoms with Gasteiger partial charge in [-0.3, -0.25) is 9.59 Å². The van der Waals surface area contributed by atoms with Gasteiger partial charge in [-0.1, -0.05) is 48.5 Å². The number of benzene rings is 3. The van der Waals surface area contributed by atoms with Crippen LogP contribution < -0.4 is 14.2 Å². The van der Waals surface area contributed by atoms with Crippen molar-refractivity contribution in [3.8, 4) is 17.2 Å². The van der Waals surface area contributed by atoms with Gasteiger partial charge in [-0.25, -0.2) is 0 Å². The molecule has 3 aromatic carbocycles. The molecule has 9 nitrogen and oxygen atoms in total. The van der Waals surface area contributed by atoms with Gasteiger partial charge < -0.3 is 33.5 Å². The summed E-state index contributed by atoms with van der Waals surface area (Å²) in [6.07, 6.45) is 0.641. The number of para-hydroxylation sites is 1. The smallest absolute Gasteiger partial charge is 0.290 e. The maximum absolute atomic E-state index is 14.0. The molecule has 4 aromatic rings. The van der Waals surface area contributed by atoms with Crippen molar-refractivity contribution in [2.24, 2.45) is 0 Å². The van der Waals surface area contributed by atoms with Gasteiger partial charge in [0.25, 0.3) is 5.91 Å². The zero-order valence-electron chi connectivity index (χ0n) is 24.8. The lowest BCUT2D eigenvalue weighted by molar-refractivity contribution is -0.129. The van der Waals surface area contributed by atoms with E-state index in [4.69, 9.17) is 18.6 Å². The maximum Gasteiger partial charge on any atom is 0.290 e. The van der Waals surface area contributed by atoms with Crippen molar-refractivity contribution in [2.45, 2.75) is 26.0 Å². The number of carbonyl (C=O) groups is 2. The first kappa shape index (κ1) is 29.7. The van der Waals surface area contributed by atoms with E-state index in [0.29, 0.717) is 60.0 Å². The number of nitrogens with zero attached hydrogens (tertiary/aromatic N) is 2. The van der Waals surface area contributed by atoms with Crippen LogP contribution in [0.15, 0.2) is 88.5 Å². The number of hydrogen-bond acceptors (Lipinski definition) is 8. The van der Waals surface area contributed by atoms with Crippen molar-refractivity contribution in [3.63, 3.8) is 0 Å². The molecule has 224 valence electrons. The number of aliphatic hydroxyl groups is 1. The number of fused-ring (bicyclic) bond motifs is 1. The fourth-order valence-corrected chi connectivity index (χ4v) is 5.28. The molecule has 1 aliphatic rings. The van der Waals surface area contributed by atoms with Gasteiger partial charge in [0, 0.05) is 11.9 Å². The summed E-state index contributed by atoms with van der Waals surface area (Å²) in [5.41, 5.74) is 1.98. The molecule has 1 aliphatic heterocycles. The third-order valence-electron chi connectivity index (χ3n) is 7.32. The van der Waals surface area contributed by atoms with Crippen LogP contribution in [0.2, 0.25) is 0 Å². The fourth-order valence-electron chi connectivity index (χ4n) is 5.28. The van der Waals surface area contributed by atoms with Crippen LogP contribution in [0.3, 0.4) is 0 Å². The van der Waals surface area contributed by atoms with E-state index >= 15 is 0 Å². The molecule has 0 aliphatic carbocycles. The average molecular weight is 585 g/mol. The van der Waals surface area contributed by atoms with Crippen LogP contribution in [0.5, 0.6) is 17.2 Å². The van der Waals surface area contributed by atoms with E-state index in [1.54, 1.807) is 42.5 Å².